The highest BCUT2D eigenvalue weighted by Crippen LogP contribution is 2.28. The summed E-state index contributed by atoms with van der Waals surface area (Å²) in [5, 5.41) is 3.28. The molecule has 2 unspecified atom stereocenters. The Balaban J connectivity index is 0.00000162. The third-order valence-electron chi connectivity index (χ3n) is 3.69. The minimum atomic E-state index is 0. The monoisotopic (exact) mass is 332 g/mol. The molecule has 0 bridgehead atoms. The van der Waals surface area contributed by atoms with Crippen LogP contribution >= 0.6 is 28.3 Å². The van der Waals surface area contributed by atoms with Gasteiger partial charge in [0.1, 0.15) is 0 Å². The maximum atomic E-state index is 3.55. The second kappa shape index (κ2) is 7.49. The minimum Gasteiger partial charge on any atom is -0.319 e. The summed E-state index contributed by atoms with van der Waals surface area (Å²) < 4.78 is 1.17. The summed E-state index contributed by atoms with van der Waals surface area (Å²) in [6, 6.07) is 9.19. The Morgan fingerprint density at radius 3 is 2.94 bits per heavy atom. The van der Waals surface area contributed by atoms with E-state index >= 15 is 0 Å². The molecule has 0 aromatic heterocycles. The Bertz CT molecular complexity index is 373. The number of hydrogen-bond acceptors (Lipinski definition) is 2. The van der Waals surface area contributed by atoms with Gasteiger partial charge in [-0.3, -0.25) is 4.90 Å². The first-order valence-electron chi connectivity index (χ1n) is 6.35. The van der Waals surface area contributed by atoms with Gasteiger partial charge >= 0.3 is 0 Å². The van der Waals surface area contributed by atoms with E-state index in [2.05, 4.69) is 57.3 Å². The molecule has 1 fully saturated rings. The lowest BCUT2D eigenvalue weighted by Crippen LogP contribution is -2.27. The van der Waals surface area contributed by atoms with Gasteiger partial charge in [-0.05, 0) is 57.1 Å². The van der Waals surface area contributed by atoms with Gasteiger partial charge in [-0.1, -0.05) is 28.1 Å². The second-order valence-corrected chi connectivity index (χ2v) is 5.85. The van der Waals surface area contributed by atoms with Crippen LogP contribution in [0.4, 0.5) is 0 Å². The summed E-state index contributed by atoms with van der Waals surface area (Å²) in [6.45, 7) is 5.89. The second-order valence-electron chi connectivity index (χ2n) is 4.94. The normalized spacial score (nSPS) is 21.6. The van der Waals surface area contributed by atoms with Gasteiger partial charge in [0.25, 0.3) is 0 Å². The van der Waals surface area contributed by atoms with Gasteiger partial charge in [0, 0.05) is 17.1 Å². The van der Waals surface area contributed by atoms with E-state index in [1.54, 1.807) is 0 Å². The van der Waals surface area contributed by atoms with E-state index in [0.29, 0.717) is 6.04 Å². The number of halogens is 2. The van der Waals surface area contributed by atoms with E-state index in [-0.39, 0.29) is 12.4 Å². The molecule has 0 aliphatic carbocycles. The van der Waals surface area contributed by atoms with Crippen LogP contribution in [0.25, 0.3) is 0 Å². The van der Waals surface area contributed by atoms with Crippen LogP contribution in [-0.4, -0.2) is 31.6 Å². The maximum absolute atomic E-state index is 3.55. The molecular formula is C14H22BrClN2. The topological polar surface area (TPSA) is 15.3 Å². The Labute approximate surface area is 125 Å². The van der Waals surface area contributed by atoms with Crippen LogP contribution in [-0.2, 0) is 0 Å². The molecule has 0 radical (unpaired) electrons. The van der Waals surface area contributed by atoms with Gasteiger partial charge < -0.3 is 5.32 Å². The first kappa shape index (κ1) is 16.0. The van der Waals surface area contributed by atoms with Crippen molar-refractivity contribution in [3.8, 4) is 0 Å². The van der Waals surface area contributed by atoms with E-state index in [1.807, 2.05) is 7.05 Å². The summed E-state index contributed by atoms with van der Waals surface area (Å²) in [5.74, 6) is 0.814. The number of hydrogen-bond donors (Lipinski definition) is 1. The smallest absolute Gasteiger partial charge is 0.0320 e. The van der Waals surface area contributed by atoms with E-state index in [1.165, 1.54) is 29.5 Å². The Morgan fingerprint density at radius 1 is 1.50 bits per heavy atom. The van der Waals surface area contributed by atoms with Crippen LogP contribution in [0.3, 0.4) is 0 Å². The van der Waals surface area contributed by atoms with Crippen LogP contribution in [0, 0.1) is 5.92 Å². The standard InChI is InChI=1S/C14H21BrN2.ClH/c1-11(13-4-3-5-14(15)8-13)17-7-6-12(10-17)9-16-2;/h3-5,8,11-12,16H,6-7,9-10H2,1-2H3;1H. The van der Waals surface area contributed by atoms with Crippen molar-refractivity contribution < 1.29 is 0 Å². The fraction of sp³-hybridized carbons (Fsp3) is 0.571. The number of likely N-dealkylation sites (tertiary alicyclic amines) is 1. The molecule has 1 N–H and O–H groups in total. The zero-order valence-corrected chi connectivity index (χ0v) is 13.4. The Hall–Kier alpha value is -0.0900. The maximum Gasteiger partial charge on any atom is 0.0320 e. The molecular weight excluding hydrogens is 312 g/mol. The fourth-order valence-corrected chi connectivity index (χ4v) is 3.06. The van der Waals surface area contributed by atoms with Crippen LogP contribution in [0.5, 0.6) is 0 Å². The first-order valence-corrected chi connectivity index (χ1v) is 7.14. The predicted molar refractivity (Wildman–Crippen MR) is 83.4 cm³/mol. The summed E-state index contributed by atoms with van der Waals surface area (Å²) in [5.41, 5.74) is 1.41. The first-order chi connectivity index (χ1) is 8.20. The molecule has 2 nitrogen and oxygen atoms in total. The highest BCUT2D eigenvalue weighted by molar-refractivity contribution is 9.10. The van der Waals surface area contributed by atoms with Gasteiger partial charge in [-0.2, -0.15) is 0 Å². The SMILES string of the molecule is CNCC1CCN(C(C)c2cccc(Br)c2)C1.Cl. The van der Waals surface area contributed by atoms with Crippen LogP contribution in [0.1, 0.15) is 24.9 Å². The van der Waals surface area contributed by atoms with Gasteiger partial charge in [0.15, 0.2) is 0 Å². The van der Waals surface area contributed by atoms with E-state index in [0.717, 1.165) is 12.5 Å². The number of nitrogens with zero attached hydrogens (tertiary/aromatic N) is 1. The van der Waals surface area contributed by atoms with Crippen molar-refractivity contribution in [3.63, 3.8) is 0 Å². The summed E-state index contributed by atoms with van der Waals surface area (Å²) in [6.07, 6.45) is 1.32. The quantitative estimate of drug-likeness (QED) is 0.907. The van der Waals surface area contributed by atoms with Crippen molar-refractivity contribution in [2.24, 2.45) is 5.92 Å². The molecule has 2 atom stereocenters. The fourth-order valence-electron chi connectivity index (χ4n) is 2.65. The zero-order valence-electron chi connectivity index (χ0n) is 11.0. The molecule has 18 heavy (non-hydrogen) atoms. The third kappa shape index (κ3) is 3.95. The van der Waals surface area contributed by atoms with Crippen molar-refractivity contribution in [1.29, 1.82) is 0 Å². The number of benzene rings is 1. The van der Waals surface area contributed by atoms with Crippen molar-refractivity contribution in [3.05, 3.63) is 34.3 Å². The van der Waals surface area contributed by atoms with Crippen molar-refractivity contribution in [2.75, 3.05) is 26.7 Å². The van der Waals surface area contributed by atoms with E-state index in [9.17, 15) is 0 Å². The van der Waals surface area contributed by atoms with Crippen LogP contribution < -0.4 is 5.32 Å². The molecule has 1 aliphatic rings. The average molecular weight is 334 g/mol. The van der Waals surface area contributed by atoms with Crippen LogP contribution in [0.2, 0.25) is 0 Å². The molecule has 1 saturated heterocycles. The number of rotatable bonds is 4. The highest BCUT2D eigenvalue weighted by atomic mass is 79.9. The Morgan fingerprint density at radius 2 is 2.28 bits per heavy atom. The van der Waals surface area contributed by atoms with Gasteiger partial charge in [-0.25, -0.2) is 0 Å². The molecule has 0 amide bonds. The van der Waals surface area contributed by atoms with Crippen molar-refractivity contribution in [2.45, 2.75) is 19.4 Å². The summed E-state index contributed by atoms with van der Waals surface area (Å²) in [4.78, 5) is 2.59. The summed E-state index contributed by atoms with van der Waals surface area (Å²) >= 11 is 3.55. The van der Waals surface area contributed by atoms with Crippen molar-refractivity contribution >= 4 is 28.3 Å². The van der Waals surface area contributed by atoms with Gasteiger partial charge in [-0.15, -0.1) is 12.4 Å². The van der Waals surface area contributed by atoms with Crippen molar-refractivity contribution in [1.82, 2.24) is 10.2 Å². The Kier molecular flexibility index (Phi) is 6.64. The lowest BCUT2D eigenvalue weighted by molar-refractivity contribution is 0.252. The zero-order chi connectivity index (χ0) is 12.3. The molecule has 0 saturated carbocycles. The molecule has 1 aliphatic heterocycles. The van der Waals surface area contributed by atoms with Gasteiger partial charge in [0.2, 0.25) is 0 Å². The highest BCUT2D eigenvalue weighted by Gasteiger charge is 2.26. The molecule has 0 spiro atoms. The molecule has 102 valence electrons. The number of nitrogens with one attached hydrogen (secondary N) is 1. The predicted octanol–water partition coefficient (Wildman–Crippen LogP) is 3.47. The molecule has 4 heteroatoms. The lowest BCUT2D eigenvalue weighted by Gasteiger charge is -2.25. The average Bonchev–Trinajstić information content (AvgIpc) is 2.77. The molecule has 1 heterocycles. The largest absolute Gasteiger partial charge is 0.319 e. The minimum absolute atomic E-state index is 0. The third-order valence-corrected chi connectivity index (χ3v) is 4.18. The summed E-state index contributed by atoms with van der Waals surface area (Å²) in [7, 11) is 2.04. The lowest BCUT2D eigenvalue weighted by atomic mass is 10.1. The van der Waals surface area contributed by atoms with Crippen LogP contribution in [0.15, 0.2) is 28.7 Å². The molecule has 2 rings (SSSR count). The van der Waals surface area contributed by atoms with E-state index in [4.69, 9.17) is 0 Å². The van der Waals surface area contributed by atoms with Gasteiger partial charge in [0.05, 0.1) is 0 Å². The molecule has 1 aromatic carbocycles. The van der Waals surface area contributed by atoms with E-state index < -0.39 is 0 Å². The molecule has 1 aromatic rings.